The fourth-order valence-corrected chi connectivity index (χ4v) is 4.76. The molecule has 2 aromatic heterocycles. The molecule has 172 valence electrons. The van der Waals surface area contributed by atoms with Crippen LogP contribution in [0, 0.1) is 0 Å². The zero-order chi connectivity index (χ0) is 22.9. The van der Waals surface area contributed by atoms with E-state index in [0.29, 0.717) is 25.2 Å². The van der Waals surface area contributed by atoms with Gasteiger partial charge in [0.2, 0.25) is 0 Å². The van der Waals surface area contributed by atoms with Crippen molar-refractivity contribution in [2.24, 2.45) is 7.05 Å². The molecule has 1 aromatic carbocycles. The predicted molar refractivity (Wildman–Crippen MR) is 122 cm³/mol. The Hall–Kier alpha value is -3.46. The summed E-state index contributed by atoms with van der Waals surface area (Å²) in [4.78, 5) is 37.5. The number of fused-ring (bicyclic) bond motifs is 1. The number of piperidine rings is 1. The number of H-pyrrole nitrogens is 1. The van der Waals surface area contributed by atoms with Crippen LogP contribution in [0.15, 0.2) is 41.5 Å². The van der Waals surface area contributed by atoms with E-state index in [1.165, 1.54) is 0 Å². The fourth-order valence-electron chi connectivity index (χ4n) is 4.76. The van der Waals surface area contributed by atoms with E-state index in [-0.39, 0.29) is 23.1 Å². The van der Waals surface area contributed by atoms with Crippen LogP contribution in [-0.4, -0.2) is 60.2 Å². The number of rotatable bonds is 4. The van der Waals surface area contributed by atoms with Crippen LogP contribution in [0.5, 0.6) is 5.75 Å². The minimum absolute atomic E-state index is 0.00200. The highest BCUT2D eigenvalue weighted by molar-refractivity contribution is 5.93. The summed E-state index contributed by atoms with van der Waals surface area (Å²) >= 11 is 0. The van der Waals surface area contributed by atoms with Crippen molar-refractivity contribution in [1.82, 2.24) is 29.5 Å². The molecule has 0 atom stereocenters. The van der Waals surface area contributed by atoms with Crippen molar-refractivity contribution in [2.75, 3.05) is 19.6 Å². The molecule has 1 fully saturated rings. The smallest absolute Gasteiger partial charge is 0.257 e. The largest absolute Gasteiger partial charge is 0.508 e. The van der Waals surface area contributed by atoms with E-state index in [1.54, 1.807) is 36.3 Å². The maximum absolute atomic E-state index is 12.9. The van der Waals surface area contributed by atoms with Crippen LogP contribution in [0.1, 0.15) is 51.8 Å². The number of phenols is 1. The minimum atomic E-state index is -0.0562. The van der Waals surface area contributed by atoms with Crippen LogP contribution in [0.4, 0.5) is 0 Å². The SMILES string of the molecule is Cn1cc(C(=O)N2CCC(c3nc4c(c(=O)[nH]3)CN(Cc3ccc(O)cc3)CC4)CC2)cn1. The standard InChI is InChI=1S/C24H28N6O3/c1-28-14-18(12-25-28)24(33)30-10-6-17(7-11-30)22-26-21-8-9-29(15-20(21)23(32)27-22)13-16-2-4-19(31)5-3-16/h2-5,12,14,17,31H,6-11,13,15H2,1H3,(H,26,27,32). The molecule has 4 heterocycles. The molecule has 1 amide bonds. The van der Waals surface area contributed by atoms with Gasteiger partial charge in [0.25, 0.3) is 11.5 Å². The third-order valence-electron chi connectivity index (χ3n) is 6.63. The van der Waals surface area contributed by atoms with E-state index < -0.39 is 0 Å². The van der Waals surface area contributed by atoms with Crippen LogP contribution in [-0.2, 0) is 26.6 Å². The molecule has 2 N–H and O–H groups in total. The number of likely N-dealkylation sites (tertiary alicyclic amines) is 1. The molecule has 0 aliphatic carbocycles. The second-order valence-corrected chi connectivity index (χ2v) is 8.97. The first-order valence-electron chi connectivity index (χ1n) is 11.4. The molecule has 0 saturated carbocycles. The van der Waals surface area contributed by atoms with Crippen molar-refractivity contribution in [2.45, 2.75) is 38.3 Å². The van der Waals surface area contributed by atoms with Gasteiger partial charge in [-0.25, -0.2) is 4.98 Å². The van der Waals surface area contributed by atoms with Crippen molar-refractivity contribution in [1.29, 1.82) is 0 Å². The van der Waals surface area contributed by atoms with Gasteiger partial charge in [-0.15, -0.1) is 0 Å². The highest BCUT2D eigenvalue weighted by Gasteiger charge is 2.28. The molecular weight excluding hydrogens is 420 g/mol. The molecule has 2 aliphatic heterocycles. The lowest BCUT2D eigenvalue weighted by atomic mass is 9.95. The van der Waals surface area contributed by atoms with Gasteiger partial charge in [-0.3, -0.25) is 19.2 Å². The van der Waals surface area contributed by atoms with E-state index >= 15 is 0 Å². The summed E-state index contributed by atoms with van der Waals surface area (Å²) in [5.74, 6) is 1.15. The first kappa shape index (κ1) is 21.4. The first-order valence-corrected chi connectivity index (χ1v) is 11.4. The molecule has 5 rings (SSSR count). The number of hydrogen-bond acceptors (Lipinski definition) is 6. The number of aromatic nitrogens is 4. The van der Waals surface area contributed by atoms with Gasteiger partial charge in [0.05, 0.1) is 23.0 Å². The van der Waals surface area contributed by atoms with Crippen molar-refractivity contribution in [3.63, 3.8) is 0 Å². The van der Waals surface area contributed by atoms with Gasteiger partial charge < -0.3 is 15.0 Å². The third kappa shape index (κ3) is 4.54. The summed E-state index contributed by atoms with van der Waals surface area (Å²) in [7, 11) is 1.80. The van der Waals surface area contributed by atoms with Crippen molar-refractivity contribution in [3.05, 3.63) is 75.2 Å². The van der Waals surface area contributed by atoms with E-state index in [9.17, 15) is 14.7 Å². The summed E-state index contributed by atoms with van der Waals surface area (Å²) in [6, 6.07) is 7.18. The summed E-state index contributed by atoms with van der Waals surface area (Å²) in [6.45, 7) is 3.40. The van der Waals surface area contributed by atoms with Crippen LogP contribution in [0.3, 0.4) is 0 Å². The molecule has 0 radical (unpaired) electrons. The zero-order valence-corrected chi connectivity index (χ0v) is 18.7. The van der Waals surface area contributed by atoms with Crippen LogP contribution < -0.4 is 5.56 Å². The molecule has 0 spiro atoms. The summed E-state index contributed by atoms with van der Waals surface area (Å²) in [5.41, 5.74) is 3.29. The Morgan fingerprint density at radius 2 is 1.94 bits per heavy atom. The molecular formula is C24H28N6O3. The number of phenolic OH excluding ortho intramolecular Hbond substituents is 1. The average Bonchev–Trinajstić information content (AvgIpc) is 3.27. The Morgan fingerprint density at radius 3 is 2.64 bits per heavy atom. The molecule has 1 saturated heterocycles. The van der Waals surface area contributed by atoms with Crippen molar-refractivity contribution >= 4 is 5.91 Å². The summed E-state index contributed by atoms with van der Waals surface area (Å²) in [5, 5.41) is 13.6. The van der Waals surface area contributed by atoms with Gasteiger partial charge >= 0.3 is 0 Å². The molecule has 3 aromatic rings. The topological polar surface area (TPSA) is 107 Å². The molecule has 2 aliphatic rings. The number of benzene rings is 1. The monoisotopic (exact) mass is 448 g/mol. The number of carbonyl (C=O) groups is 1. The summed E-state index contributed by atoms with van der Waals surface area (Å²) < 4.78 is 1.63. The highest BCUT2D eigenvalue weighted by Crippen LogP contribution is 2.27. The van der Waals surface area contributed by atoms with Crippen molar-refractivity contribution in [3.8, 4) is 5.75 Å². The summed E-state index contributed by atoms with van der Waals surface area (Å²) in [6.07, 6.45) is 5.63. The number of carbonyl (C=O) groups excluding carboxylic acids is 1. The second kappa shape index (κ2) is 8.82. The minimum Gasteiger partial charge on any atom is -0.508 e. The maximum atomic E-state index is 12.9. The Kier molecular flexibility index (Phi) is 5.72. The normalized spacial score (nSPS) is 17.2. The maximum Gasteiger partial charge on any atom is 0.257 e. The molecule has 0 unspecified atom stereocenters. The van der Waals surface area contributed by atoms with Crippen LogP contribution in [0.25, 0.3) is 0 Å². The number of nitrogens with zero attached hydrogens (tertiary/aromatic N) is 5. The number of amides is 1. The highest BCUT2D eigenvalue weighted by atomic mass is 16.3. The Bertz CT molecular complexity index is 1210. The van der Waals surface area contributed by atoms with E-state index in [0.717, 1.165) is 55.0 Å². The predicted octanol–water partition coefficient (Wildman–Crippen LogP) is 1.79. The van der Waals surface area contributed by atoms with E-state index in [4.69, 9.17) is 4.98 Å². The lowest BCUT2D eigenvalue weighted by Crippen LogP contribution is -2.39. The zero-order valence-electron chi connectivity index (χ0n) is 18.7. The van der Waals surface area contributed by atoms with Gasteiger partial charge in [-0.2, -0.15) is 5.10 Å². The van der Waals surface area contributed by atoms with E-state index in [2.05, 4.69) is 15.0 Å². The molecule has 0 bridgehead atoms. The number of aryl methyl sites for hydroxylation is 1. The Labute approximate surface area is 191 Å². The average molecular weight is 449 g/mol. The van der Waals surface area contributed by atoms with Gasteiger partial charge in [0, 0.05) is 58.3 Å². The van der Waals surface area contributed by atoms with Crippen LogP contribution in [0.2, 0.25) is 0 Å². The lowest BCUT2D eigenvalue weighted by molar-refractivity contribution is 0.0710. The Balaban J connectivity index is 1.23. The number of hydrogen-bond donors (Lipinski definition) is 2. The van der Waals surface area contributed by atoms with Gasteiger partial charge in [0.1, 0.15) is 11.6 Å². The van der Waals surface area contributed by atoms with E-state index in [1.807, 2.05) is 17.0 Å². The Morgan fingerprint density at radius 1 is 1.18 bits per heavy atom. The van der Waals surface area contributed by atoms with Crippen LogP contribution >= 0.6 is 0 Å². The van der Waals surface area contributed by atoms with Gasteiger partial charge in [0.15, 0.2) is 0 Å². The van der Waals surface area contributed by atoms with Gasteiger partial charge in [-0.1, -0.05) is 12.1 Å². The van der Waals surface area contributed by atoms with Crippen molar-refractivity contribution < 1.29 is 9.90 Å². The molecule has 9 heteroatoms. The molecule has 9 nitrogen and oxygen atoms in total. The number of aromatic amines is 1. The molecule has 33 heavy (non-hydrogen) atoms. The fraction of sp³-hybridized carbons (Fsp3) is 0.417. The third-order valence-corrected chi connectivity index (χ3v) is 6.63. The number of nitrogens with one attached hydrogen (secondary N) is 1. The van der Waals surface area contributed by atoms with Gasteiger partial charge in [-0.05, 0) is 30.5 Å². The second-order valence-electron chi connectivity index (χ2n) is 8.97. The first-order chi connectivity index (χ1) is 16.0. The lowest BCUT2D eigenvalue weighted by Gasteiger charge is -2.32. The quantitative estimate of drug-likeness (QED) is 0.630. The number of aromatic hydroxyl groups is 1.